The number of amides is 2. The summed E-state index contributed by atoms with van der Waals surface area (Å²) in [6, 6.07) is 14.8. The molecule has 130 valence electrons. The quantitative estimate of drug-likeness (QED) is 0.808. The average Bonchev–Trinajstić information content (AvgIpc) is 3.05. The van der Waals surface area contributed by atoms with Crippen LogP contribution >= 0.6 is 11.6 Å². The van der Waals surface area contributed by atoms with Crippen molar-refractivity contribution in [2.45, 2.75) is 26.3 Å². The Hall–Kier alpha value is -2.33. The van der Waals surface area contributed by atoms with Crippen LogP contribution in [0, 0.1) is 0 Å². The zero-order valence-electron chi connectivity index (χ0n) is 14.2. The Kier molecular flexibility index (Phi) is 5.39. The first-order valence-electron chi connectivity index (χ1n) is 8.52. The fourth-order valence-electron chi connectivity index (χ4n) is 3.07. The molecule has 0 aromatic heterocycles. The van der Waals surface area contributed by atoms with Gasteiger partial charge in [-0.25, -0.2) is 0 Å². The van der Waals surface area contributed by atoms with Crippen molar-refractivity contribution in [3.05, 3.63) is 64.7 Å². The topological polar surface area (TPSA) is 40.6 Å². The lowest BCUT2D eigenvalue weighted by molar-refractivity contribution is -0.117. The molecule has 0 N–H and O–H groups in total. The van der Waals surface area contributed by atoms with E-state index in [1.165, 1.54) is 0 Å². The monoisotopic (exact) mass is 356 g/mol. The van der Waals surface area contributed by atoms with Gasteiger partial charge in [-0.1, -0.05) is 23.7 Å². The molecular formula is C20H21ClN2O2. The van der Waals surface area contributed by atoms with Crippen LogP contribution in [0.15, 0.2) is 48.5 Å². The van der Waals surface area contributed by atoms with E-state index in [0.717, 1.165) is 24.2 Å². The van der Waals surface area contributed by atoms with E-state index in [2.05, 4.69) is 0 Å². The fraction of sp³-hybridized carbons (Fsp3) is 0.300. The number of halogens is 1. The van der Waals surface area contributed by atoms with Gasteiger partial charge in [0, 0.05) is 42.3 Å². The van der Waals surface area contributed by atoms with Gasteiger partial charge >= 0.3 is 0 Å². The summed E-state index contributed by atoms with van der Waals surface area (Å²) < 4.78 is 0. The van der Waals surface area contributed by atoms with Crippen LogP contribution in [0.2, 0.25) is 5.02 Å². The molecule has 25 heavy (non-hydrogen) atoms. The number of hydrogen-bond acceptors (Lipinski definition) is 2. The molecule has 4 nitrogen and oxygen atoms in total. The van der Waals surface area contributed by atoms with Gasteiger partial charge in [-0.15, -0.1) is 0 Å². The van der Waals surface area contributed by atoms with Crippen molar-refractivity contribution in [1.29, 1.82) is 0 Å². The van der Waals surface area contributed by atoms with Crippen molar-refractivity contribution < 1.29 is 9.59 Å². The second-order valence-electron chi connectivity index (χ2n) is 6.15. The molecule has 0 saturated carbocycles. The van der Waals surface area contributed by atoms with Gasteiger partial charge in [0.2, 0.25) is 5.91 Å². The van der Waals surface area contributed by atoms with Gasteiger partial charge in [0.1, 0.15) is 0 Å². The molecular weight excluding hydrogens is 336 g/mol. The van der Waals surface area contributed by atoms with Gasteiger partial charge in [-0.2, -0.15) is 0 Å². The number of nitrogens with zero attached hydrogens (tertiary/aromatic N) is 2. The Bertz CT molecular complexity index is 774. The number of anilines is 1. The average molecular weight is 357 g/mol. The fourth-order valence-corrected chi connectivity index (χ4v) is 3.28. The van der Waals surface area contributed by atoms with Crippen LogP contribution in [-0.2, 0) is 11.3 Å². The minimum Gasteiger partial charge on any atom is -0.335 e. The minimum atomic E-state index is -0.0261. The van der Waals surface area contributed by atoms with E-state index in [4.69, 9.17) is 11.6 Å². The van der Waals surface area contributed by atoms with Crippen LogP contribution in [0.5, 0.6) is 0 Å². The summed E-state index contributed by atoms with van der Waals surface area (Å²) in [5, 5.41) is 0.667. The van der Waals surface area contributed by atoms with Gasteiger partial charge < -0.3 is 9.80 Å². The van der Waals surface area contributed by atoms with Crippen molar-refractivity contribution in [2.75, 3.05) is 18.0 Å². The van der Waals surface area contributed by atoms with Crippen LogP contribution in [0.3, 0.4) is 0 Å². The normalized spacial score (nSPS) is 14.0. The van der Waals surface area contributed by atoms with Gasteiger partial charge in [0.05, 0.1) is 0 Å². The molecule has 1 aliphatic rings. The van der Waals surface area contributed by atoms with Gasteiger partial charge in [0.25, 0.3) is 5.91 Å². The lowest BCUT2D eigenvalue weighted by atomic mass is 10.1. The maximum absolute atomic E-state index is 12.8. The second kappa shape index (κ2) is 7.70. The van der Waals surface area contributed by atoms with Crippen LogP contribution in [0.25, 0.3) is 0 Å². The molecule has 1 fully saturated rings. The van der Waals surface area contributed by atoms with E-state index in [-0.39, 0.29) is 11.8 Å². The Morgan fingerprint density at radius 1 is 1.20 bits per heavy atom. The largest absolute Gasteiger partial charge is 0.335 e. The predicted octanol–water partition coefficient (Wildman–Crippen LogP) is 4.13. The Morgan fingerprint density at radius 3 is 2.56 bits per heavy atom. The zero-order chi connectivity index (χ0) is 17.8. The van der Waals surface area contributed by atoms with Crippen molar-refractivity contribution in [3.8, 4) is 0 Å². The first kappa shape index (κ1) is 17.5. The summed E-state index contributed by atoms with van der Waals surface area (Å²) in [5.74, 6) is 0.122. The van der Waals surface area contributed by atoms with Crippen molar-refractivity contribution in [2.24, 2.45) is 0 Å². The first-order valence-corrected chi connectivity index (χ1v) is 8.90. The van der Waals surface area contributed by atoms with Gasteiger partial charge in [-0.05, 0) is 55.3 Å². The molecule has 1 aliphatic heterocycles. The molecule has 0 spiro atoms. The van der Waals surface area contributed by atoms with Crippen LogP contribution in [-0.4, -0.2) is 29.8 Å². The highest BCUT2D eigenvalue weighted by atomic mass is 35.5. The molecule has 2 aromatic carbocycles. The number of carbonyl (C=O) groups excluding carboxylic acids is 2. The molecule has 0 aliphatic carbocycles. The molecule has 2 aromatic rings. The molecule has 0 radical (unpaired) electrons. The van der Waals surface area contributed by atoms with Crippen molar-refractivity contribution in [3.63, 3.8) is 0 Å². The number of carbonyl (C=O) groups is 2. The zero-order valence-corrected chi connectivity index (χ0v) is 15.0. The highest BCUT2D eigenvalue weighted by Crippen LogP contribution is 2.22. The SMILES string of the molecule is CCN(Cc1cccc(Cl)c1)C(=O)c1ccc(N2CCCC2=O)cc1. The third-order valence-corrected chi connectivity index (χ3v) is 4.67. The molecule has 2 amide bonds. The molecule has 0 unspecified atom stereocenters. The number of hydrogen-bond donors (Lipinski definition) is 0. The van der Waals surface area contributed by atoms with E-state index < -0.39 is 0 Å². The van der Waals surface area contributed by atoms with Crippen LogP contribution in [0.4, 0.5) is 5.69 Å². The number of rotatable bonds is 5. The van der Waals surface area contributed by atoms with Gasteiger partial charge in [-0.3, -0.25) is 9.59 Å². The maximum atomic E-state index is 12.8. The van der Waals surface area contributed by atoms with Crippen molar-refractivity contribution in [1.82, 2.24) is 4.90 Å². The summed E-state index contributed by atoms with van der Waals surface area (Å²) in [7, 11) is 0. The molecule has 1 saturated heterocycles. The predicted molar refractivity (Wildman–Crippen MR) is 99.9 cm³/mol. The highest BCUT2D eigenvalue weighted by molar-refractivity contribution is 6.30. The summed E-state index contributed by atoms with van der Waals surface area (Å²) in [4.78, 5) is 28.1. The van der Waals surface area contributed by atoms with E-state index >= 15 is 0 Å². The lowest BCUT2D eigenvalue weighted by Crippen LogP contribution is -2.30. The molecule has 0 bridgehead atoms. The second-order valence-corrected chi connectivity index (χ2v) is 6.58. The molecule has 3 rings (SSSR count). The van der Waals surface area contributed by atoms with Gasteiger partial charge in [0.15, 0.2) is 0 Å². The third kappa shape index (κ3) is 4.02. The van der Waals surface area contributed by atoms with E-state index in [9.17, 15) is 9.59 Å². The standard InChI is InChI=1S/C20H21ClN2O2/c1-2-22(14-15-5-3-6-17(21)13-15)20(25)16-8-10-18(11-9-16)23-12-4-7-19(23)24/h3,5-6,8-11,13H,2,4,7,12,14H2,1H3. The number of benzene rings is 2. The minimum absolute atomic E-state index is 0.0261. The highest BCUT2D eigenvalue weighted by Gasteiger charge is 2.22. The van der Waals surface area contributed by atoms with E-state index in [1.54, 1.807) is 21.9 Å². The molecule has 0 atom stereocenters. The Labute approximate surface area is 153 Å². The first-order chi connectivity index (χ1) is 12.1. The molecule has 1 heterocycles. The van der Waals surface area contributed by atoms with E-state index in [0.29, 0.717) is 30.1 Å². The van der Waals surface area contributed by atoms with Crippen LogP contribution in [0.1, 0.15) is 35.7 Å². The summed E-state index contributed by atoms with van der Waals surface area (Å²) in [6.07, 6.45) is 1.49. The smallest absolute Gasteiger partial charge is 0.254 e. The van der Waals surface area contributed by atoms with Crippen molar-refractivity contribution >= 4 is 29.1 Å². The summed E-state index contributed by atoms with van der Waals surface area (Å²) in [6.45, 7) is 3.83. The Morgan fingerprint density at radius 2 is 1.96 bits per heavy atom. The van der Waals surface area contributed by atoms with E-state index in [1.807, 2.05) is 43.3 Å². The maximum Gasteiger partial charge on any atom is 0.254 e. The summed E-state index contributed by atoms with van der Waals surface area (Å²) >= 11 is 6.02. The summed E-state index contributed by atoms with van der Waals surface area (Å²) in [5.41, 5.74) is 2.48. The Balaban J connectivity index is 1.73. The molecule has 5 heteroatoms. The third-order valence-electron chi connectivity index (χ3n) is 4.43. The van der Waals surface area contributed by atoms with Crippen LogP contribution < -0.4 is 4.90 Å². The lowest BCUT2D eigenvalue weighted by Gasteiger charge is -2.22.